The van der Waals surface area contributed by atoms with Crippen LogP contribution in [-0.2, 0) is 11.2 Å². The number of hydrogen-bond acceptors (Lipinski definition) is 5. The first-order chi connectivity index (χ1) is 17.9. The fraction of sp³-hybridized carbons (Fsp3) is 0.233. The maximum absolute atomic E-state index is 13.0. The lowest BCUT2D eigenvalue weighted by Crippen LogP contribution is -2.07. The predicted molar refractivity (Wildman–Crippen MR) is 146 cm³/mol. The first-order valence-electron chi connectivity index (χ1n) is 12.0. The third-order valence-corrected chi connectivity index (χ3v) is 6.49. The number of ether oxygens (including phenoxy) is 1. The van der Waals surface area contributed by atoms with Gasteiger partial charge in [0.2, 0.25) is 0 Å². The van der Waals surface area contributed by atoms with Crippen LogP contribution in [0.1, 0.15) is 63.1 Å². The molecule has 0 aliphatic rings. The average Bonchev–Trinajstić information content (AvgIpc) is 2.91. The van der Waals surface area contributed by atoms with Crippen molar-refractivity contribution in [2.45, 2.75) is 37.0 Å². The molecule has 0 fully saturated rings. The Morgan fingerprint density at radius 1 is 0.892 bits per heavy atom. The van der Waals surface area contributed by atoms with E-state index in [4.69, 9.17) is 9.84 Å². The monoisotopic (exact) mass is 518 g/mol. The highest BCUT2D eigenvalue weighted by atomic mass is 32.2. The van der Waals surface area contributed by atoms with Gasteiger partial charge < -0.3 is 14.9 Å². The molecular formula is C30H30O6S. The van der Waals surface area contributed by atoms with Gasteiger partial charge in [-0.15, -0.1) is 11.8 Å². The highest BCUT2D eigenvalue weighted by molar-refractivity contribution is 7.98. The van der Waals surface area contributed by atoms with Gasteiger partial charge in [-0.25, -0.2) is 4.79 Å². The van der Waals surface area contributed by atoms with Gasteiger partial charge in [0, 0.05) is 22.4 Å². The number of rotatable bonds is 14. The first-order valence-corrected chi connectivity index (χ1v) is 13.3. The number of hydrogen-bond donors (Lipinski definition) is 2. The van der Waals surface area contributed by atoms with Crippen LogP contribution >= 0.6 is 11.8 Å². The number of carbonyl (C=O) groups is 3. The topological polar surface area (TPSA) is 101 Å². The molecule has 7 heteroatoms. The third-order valence-electron chi connectivity index (χ3n) is 5.75. The number of allylic oxidation sites excluding steroid dienone is 1. The molecule has 0 aliphatic carbocycles. The molecular weight excluding hydrogens is 488 g/mol. The molecule has 0 saturated carbocycles. The summed E-state index contributed by atoms with van der Waals surface area (Å²) < 4.78 is 5.94. The lowest BCUT2D eigenvalue weighted by molar-refractivity contribution is -0.136. The molecule has 3 aromatic rings. The summed E-state index contributed by atoms with van der Waals surface area (Å²) in [6.45, 7) is 0.476. The molecule has 0 bridgehead atoms. The second-order valence-corrected chi connectivity index (χ2v) is 9.33. The molecule has 0 atom stereocenters. The molecule has 3 rings (SSSR count). The highest BCUT2D eigenvalue weighted by Crippen LogP contribution is 2.24. The summed E-state index contributed by atoms with van der Waals surface area (Å²) in [6.07, 6.45) is 9.13. The maximum atomic E-state index is 13.0. The van der Waals surface area contributed by atoms with Gasteiger partial charge in [0.1, 0.15) is 5.75 Å². The number of aromatic carboxylic acids is 1. The van der Waals surface area contributed by atoms with Crippen LogP contribution in [0.5, 0.6) is 5.75 Å². The van der Waals surface area contributed by atoms with E-state index in [0.29, 0.717) is 23.5 Å². The van der Waals surface area contributed by atoms with Gasteiger partial charge in [0.15, 0.2) is 5.78 Å². The zero-order valence-electron chi connectivity index (χ0n) is 20.7. The van der Waals surface area contributed by atoms with Gasteiger partial charge in [-0.05, 0) is 85.5 Å². The van der Waals surface area contributed by atoms with Crippen LogP contribution in [0.25, 0.3) is 6.08 Å². The summed E-state index contributed by atoms with van der Waals surface area (Å²) in [5.74, 6) is -1.82. The number of carbonyl (C=O) groups excluding carboxylic acids is 1. The summed E-state index contributed by atoms with van der Waals surface area (Å²) in [4.78, 5) is 36.6. The van der Waals surface area contributed by atoms with Crippen molar-refractivity contribution >= 4 is 35.6 Å². The van der Waals surface area contributed by atoms with Gasteiger partial charge in [-0.3, -0.25) is 9.59 Å². The Hall–Kier alpha value is -3.84. The summed E-state index contributed by atoms with van der Waals surface area (Å²) >= 11 is 1.72. The summed E-state index contributed by atoms with van der Waals surface area (Å²) in [5.41, 5.74) is 2.44. The molecule has 0 aliphatic heterocycles. The quantitative estimate of drug-likeness (QED) is 0.141. The Kier molecular flexibility index (Phi) is 10.5. The number of carboxylic acid groups (broad SMARTS) is 2. The summed E-state index contributed by atoms with van der Waals surface area (Å²) in [6, 6.07) is 19.2. The van der Waals surface area contributed by atoms with E-state index in [0.717, 1.165) is 19.3 Å². The van der Waals surface area contributed by atoms with Crippen molar-refractivity contribution in [1.82, 2.24) is 0 Å². The van der Waals surface area contributed by atoms with Crippen LogP contribution in [0.15, 0.2) is 77.7 Å². The number of benzene rings is 3. The number of ketones is 1. The van der Waals surface area contributed by atoms with Crippen molar-refractivity contribution in [3.05, 3.63) is 101 Å². The van der Waals surface area contributed by atoms with Crippen LogP contribution in [0.3, 0.4) is 0 Å². The minimum atomic E-state index is -1.11. The minimum absolute atomic E-state index is 0.0280. The fourth-order valence-corrected chi connectivity index (χ4v) is 4.15. The number of aryl methyl sites for hydroxylation is 1. The van der Waals surface area contributed by atoms with Gasteiger partial charge in [0.05, 0.1) is 12.2 Å². The standard InChI is InChI=1S/C30H30O6S/c1-37-26-14-10-21(11-15-26)7-4-2-3-5-18-36-27-16-12-24(19-22(27)13-17-28(31)32)29(33)23-8-6-9-25(20-23)30(34)35/h4,6-12,14-16,19-20H,2-3,5,13,17-18H2,1H3,(H,31,32)(H,34,35)/b7-4+. The lowest BCUT2D eigenvalue weighted by Gasteiger charge is -2.13. The summed E-state index contributed by atoms with van der Waals surface area (Å²) in [5, 5.41) is 18.3. The number of carboxylic acids is 2. The molecule has 2 N–H and O–H groups in total. The molecule has 0 heterocycles. The van der Waals surface area contributed by atoms with Gasteiger partial charge in [-0.2, -0.15) is 0 Å². The van der Waals surface area contributed by atoms with E-state index in [1.54, 1.807) is 36.0 Å². The molecule has 0 spiro atoms. The maximum Gasteiger partial charge on any atom is 0.335 e. The Bertz CT molecular complexity index is 1260. The molecule has 6 nitrogen and oxygen atoms in total. The fourth-order valence-electron chi connectivity index (χ4n) is 3.74. The van der Waals surface area contributed by atoms with E-state index in [-0.39, 0.29) is 29.8 Å². The molecule has 0 amide bonds. The Balaban J connectivity index is 1.59. The molecule has 0 unspecified atom stereocenters. The molecule has 37 heavy (non-hydrogen) atoms. The first kappa shape index (κ1) is 27.7. The highest BCUT2D eigenvalue weighted by Gasteiger charge is 2.15. The van der Waals surface area contributed by atoms with Crippen molar-refractivity contribution < 1.29 is 29.3 Å². The van der Waals surface area contributed by atoms with Crippen LogP contribution in [0.4, 0.5) is 0 Å². The Morgan fingerprint density at radius 3 is 2.32 bits per heavy atom. The Morgan fingerprint density at radius 2 is 1.62 bits per heavy atom. The van der Waals surface area contributed by atoms with Crippen LogP contribution < -0.4 is 4.74 Å². The molecule has 192 valence electrons. The second-order valence-electron chi connectivity index (χ2n) is 8.45. The van der Waals surface area contributed by atoms with Crippen LogP contribution in [-0.4, -0.2) is 40.8 Å². The van der Waals surface area contributed by atoms with Crippen molar-refractivity contribution in [1.29, 1.82) is 0 Å². The minimum Gasteiger partial charge on any atom is -0.493 e. The predicted octanol–water partition coefficient (Wildman–Crippen LogP) is 6.62. The van der Waals surface area contributed by atoms with Crippen molar-refractivity contribution in [3.8, 4) is 5.75 Å². The van der Waals surface area contributed by atoms with Crippen LogP contribution in [0, 0.1) is 0 Å². The third kappa shape index (κ3) is 8.65. The SMILES string of the molecule is CSc1ccc(/C=C/CCCCOc2ccc(C(=O)c3cccc(C(=O)O)c3)cc2CCC(=O)O)cc1. The molecule has 0 saturated heterocycles. The normalized spacial score (nSPS) is 10.9. The largest absolute Gasteiger partial charge is 0.493 e. The number of thioether (sulfide) groups is 1. The zero-order valence-corrected chi connectivity index (χ0v) is 21.5. The second kappa shape index (κ2) is 14.0. The van der Waals surface area contributed by atoms with Gasteiger partial charge in [-0.1, -0.05) is 36.4 Å². The van der Waals surface area contributed by atoms with E-state index in [2.05, 4.69) is 42.7 Å². The van der Waals surface area contributed by atoms with E-state index in [1.807, 2.05) is 0 Å². The van der Waals surface area contributed by atoms with Gasteiger partial charge >= 0.3 is 11.9 Å². The van der Waals surface area contributed by atoms with E-state index in [1.165, 1.54) is 28.7 Å². The average molecular weight is 519 g/mol. The van der Waals surface area contributed by atoms with Crippen molar-refractivity contribution in [2.75, 3.05) is 12.9 Å². The number of unbranched alkanes of at least 4 members (excludes halogenated alkanes) is 2. The lowest BCUT2D eigenvalue weighted by atomic mass is 9.98. The smallest absolute Gasteiger partial charge is 0.335 e. The molecule has 0 aromatic heterocycles. The van der Waals surface area contributed by atoms with Crippen LogP contribution in [0.2, 0.25) is 0 Å². The summed E-state index contributed by atoms with van der Waals surface area (Å²) in [7, 11) is 0. The van der Waals surface area contributed by atoms with E-state index >= 15 is 0 Å². The van der Waals surface area contributed by atoms with Crippen molar-refractivity contribution in [3.63, 3.8) is 0 Å². The van der Waals surface area contributed by atoms with E-state index in [9.17, 15) is 19.5 Å². The molecule has 3 aromatic carbocycles. The Labute approximate surface area is 221 Å². The van der Waals surface area contributed by atoms with Crippen molar-refractivity contribution in [2.24, 2.45) is 0 Å². The number of aliphatic carboxylic acids is 1. The van der Waals surface area contributed by atoms with Gasteiger partial charge in [0.25, 0.3) is 0 Å². The zero-order chi connectivity index (χ0) is 26.6. The molecule has 0 radical (unpaired) electrons. The van der Waals surface area contributed by atoms with E-state index < -0.39 is 11.9 Å².